The van der Waals surface area contributed by atoms with Crippen LogP contribution in [0.4, 0.5) is 4.39 Å². The zero-order valence-electron chi connectivity index (χ0n) is 14.7. The highest BCUT2D eigenvalue weighted by atomic mass is 19.1. The molecule has 1 saturated carbocycles. The summed E-state index contributed by atoms with van der Waals surface area (Å²) in [5.74, 6) is 0.399. The predicted molar refractivity (Wildman–Crippen MR) is 96.1 cm³/mol. The third-order valence-electron chi connectivity index (χ3n) is 5.24. The van der Waals surface area contributed by atoms with Crippen molar-refractivity contribution in [3.8, 4) is 5.75 Å². The SMILES string of the molecule is COc1ccc(C(C)NC(=O)C2(c3ccccc3F)CCCC2)cc1. The Morgan fingerprint density at radius 2 is 1.76 bits per heavy atom. The van der Waals surface area contributed by atoms with E-state index in [0.29, 0.717) is 18.4 Å². The average Bonchev–Trinajstić information content (AvgIpc) is 3.13. The molecule has 1 unspecified atom stereocenters. The van der Waals surface area contributed by atoms with Crippen LogP contribution in [0.3, 0.4) is 0 Å². The number of carbonyl (C=O) groups is 1. The lowest BCUT2D eigenvalue weighted by atomic mass is 9.77. The minimum Gasteiger partial charge on any atom is -0.497 e. The lowest BCUT2D eigenvalue weighted by Gasteiger charge is -2.30. The standard InChI is InChI=1S/C21H24FNO2/c1-15(16-9-11-17(25-2)12-10-16)23-20(24)21(13-5-6-14-21)18-7-3-4-8-19(18)22/h3-4,7-12,15H,5-6,13-14H2,1-2H3,(H,23,24). The van der Waals surface area contributed by atoms with Crippen molar-refractivity contribution in [2.24, 2.45) is 0 Å². The van der Waals surface area contributed by atoms with Crippen LogP contribution in [0.1, 0.15) is 49.8 Å². The van der Waals surface area contributed by atoms with E-state index in [-0.39, 0.29) is 17.8 Å². The monoisotopic (exact) mass is 341 g/mol. The van der Waals surface area contributed by atoms with Crippen molar-refractivity contribution in [1.82, 2.24) is 5.32 Å². The summed E-state index contributed by atoms with van der Waals surface area (Å²) < 4.78 is 19.6. The quantitative estimate of drug-likeness (QED) is 0.868. The Bertz CT molecular complexity index is 736. The second kappa shape index (κ2) is 7.26. The minimum absolute atomic E-state index is 0.0848. The molecule has 132 valence electrons. The molecule has 4 heteroatoms. The lowest BCUT2D eigenvalue weighted by Crippen LogP contribution is -2.44. The van der Waals surface area contributed by atoms with Crippen LogP contribution >= 0.6 is 0 Å². The molecular weight excluding hydrogens is 317 g/mol. The van der Waals surface area contributed by atoms with Gasteiger partial charge in [0.15, 0.2) is 0 Å². The molecule has 0 aliphatic heterocycles. The van der Waals surface area contributed by atoms with Crippen LogP contribution in [0, 0.1) is 5.82 Å². The van der Waals surface area contributed by atoms with Gasteiger partial charge in [-0.25, -0.2) is 4.39 Å². The molecule has 1 amide bonds. The van der Waals surface area contributed by atoms with Gasteiger partial charge in [0.25, 0.3) is 0 Å². The van der Waals surface area contributed by atoms with Crippen molar-refractivity contribution in [3.63, 3.8) is 0 Å². The Labute approximate surface area is 148 Å². The lowest BCUT2D eigenvalue weighted by molar-refractivity contribution is -0.127. The van der Waals surface area contributed by atoms with E-state index in [0.717, 1.165) is 24.2 Å². The third-order valence-corrected chi connectivity index (χ3v) is 5.24. The smallest absolute Gasteiger partial charge is 0.231 e. The highest BCUT2D eigenvalue weighted by Crippen LogP contribution is 2.42. The van der Waals surface area contributed by atoms with Crippen molar-refractivity contribution in [1.29, 1.82) is 0 Å². The molecule has 0 radical (unpaired) electrons. The first kappa shape index (κ1) is 17.5. The fraction of sp³-hybridized carbons (Fsp3) is 0.381. The van der Waals surface area contributed by atoms with Crippen molar-refractivity contribution >= 4 is 5.91 Å². The van der Waals surface area contributed by atoms with E-state index >= 15 is 0 Å². The number of halogens is 1. The van der Waals surface area contributed by atoms with Gasteiger partial charge in [0.05, 0.1) is 18.6 Å². The predicted octanol–water partition coefficient (Wildman–Crippen LogP) is 4.52. The molecule has 0 spiro atoms. The maximum Gasteiger partial charge on any atom is 0.231 e. The molecule has 1 aliphatic carbocycles. The summed E-state index contributed by atoms with van der Waals surface area (Å²) in [6.45, 7) is 1.95. The van der Waals surface area contributed by atoms with Gasteiger partial charge in [-0.1, -0.05) is 43.2 Å². The summed E-state index contributed by atoms with van der Waals surface area (Å²) in [4.78, 5) is 13.1. The molecule has 1 aliphatic rings. The highest BCUT2D eigenvalue weighted by molar-refractivity contribution is 5.89. The van der Waals surface area contributed by atoms with Crippen LogP contribution in [-0.4, -0.2) is 13.0 Å². The Morgan fingerprint density at radius 3 is 2.36 bits per heavy atom. The molecule has 25 heavy (non-hydrogen) atoms. The van der Waals surface area contributed by atoms with E-state index in [4.69, 9.17) is 4.74 Å². The van der Waals surface area contributed by atoms with Crippen molar-refractivity contribution in [2.75, 3.05) is 7.11 Å². The number of ether oxygens (including phenoxy) is 1. The zero-order chi connectivity index (χ0) is 17.9. The summed E-state index contributed by atoms with van der Waals surface area (Å²) in [7, 11) is 1.62. The van der Waals surface area contributed by atoms with Crippen molar-refractivity contribution in [3.05, 3.63) is 65.5 Å². The highest BCUT2D eigenvalue weighted by Gasteiger charge is 2.44. The summed E-state index contributed by atoms with van der Waals surface area (Å²) in [6.07, 6.45) is 3.27. The van der Waals surface area contributed by atoms with E-state index in [1.165, 1.54) is 6.07 Å². The van der Waals surface area contributed by atoms with Crippen LogP contribution < -0.4 is 10.1 Å². The summed E-state index contributed by atoms with van der Waals surface area (Å²) >= 11 is 0. The Hall–Kier alpha value is -2.36. The Morgan fingerprint density at radius 1 is 1.12 bits per heavy atom. The topological polar surface area (TPSA) is 38.3 Å². The van der Waals surface area contributed by atoms with Gasteiger partial charge in [0, 0.05) is 5.56 Å². The number of methoxy groups -OCH3 is 1. The van der Waals surface area contributed by atoms with E-state index in [1.54, 1.807) is 25.3 Å². The average molecular weight is 341 g/mol. The van der Waals surface area contributed by atoms with Gasteiger partial charge in [-0.05, 0) is 43.5 Å². The van der Waals surface area contributed by atoms with Crippen LogP contribution in [0.15, 0.2) is 48.5 Å². The fourth-order valence-corrected chi connectivity index (χ4v) is 3.76. The van der Waals surface area contributed by atoms with Gasteiger partial charge in [0.1, 0.15) is 11.6 Å². The number of hydrogen-bond acceptors (Lipinski definition) is 2. The molecule has 1 fully saturated rings. The van der Waals surface area contributed by atoms with E-state index in [2.05, 4.69) is 5.32 Å². The first-order valence-electron chi connectivity index (χ1n) is 8.77. The van der Waals surface area contributed by atoms with Crippen molar-refractivity contribution in [2.45, 2.75) is 44.1 Å². The van der Waals surface area contributed by atoms with Crippen LogP contribution in [0.25, 0.3) is 0 Å². The molecule has 0 bridgehead atoms. The first-order valence-corrected chi connectivity index (χ1v) is 8.77. The van der Waals surface area contributed by atoms with E-state index in [1.807, 2.05) is 31.2 Å². The zero-order valence-corrected chi connectivity index (χ0v) is 14.7. The minimum atomic E-state index is -0.758. The summed E-state index contributed by atoms with van der Waals surface area (Å²) in [5.41, 5.74) is 0.759. The van der Waals surface area contributed by atoms with E-state index in [9.17, 15) is 9.18 Å². The Kier molecular flexibility index (Phi) is 5.07. The second-order valence-electron chi connectivity index (χ2n) is 6.74. The molecule has 2 aromatic carbocycles. The molecular formula is C21H24FNO2. The van der Waals surface area contributed by atoms with Gasteiger partial charge >= 0.3 is 0 Å². The largest absolute Gasteiger partial charge is 0.497 e. The maximum atomic E-state index is 14.4. The number of rotatable bonds is 5. The molecule has 1 atom stereocenters. The Balaban J connectivity index is 1.83. The number of amides is 1. The van der Waals surface area contributed by atoms with Gasteiger partial charge in [-0.3, -0.25) is 4.79 Å². The van der Waals surface area contributed by atoms with Crippen LogP contribution in [-0.2, 0) is 10.2 Å². The second-order valence-corrected chi connectivity index (χ2v) is 6.74. The van der Waals surface area contributed by atoms with Crippen LogP contribution in [0.2, 0.25) is 0 Å². The van der Waals surface area contributed by atoms with Gasteiger partial charge in [0.2, 0.25) is 5.91 Å². The van der Waals surface area contributed by atoms with Crippen LogP contribution in [0.5, 0.6) is 5.75 Å². The number of benzene rings is 2. The summed E-state index contributed by atoms with van der Waals surface area (Å²) in [5, 5.41) is 3.10. The maximum absolute atomic E-state index is 14.4. The number of carbonyl (C=O) groups excluding carboxylic acids is 1. The normalized spacial score (nSPS) is 17.1. The van der Waals surface area contributed by atoms with Crippen molar-refractivity contribution < 1.29 is 13.9 Å². The number of nitrogens with one attached hydrogen (secondary N) is 1. The first-order chi connectivity index (χ1) is 12.1. The molecule has 3 rings (SSSR count). The summed E-state index contributed by atoms with van der Waals surface area (Å²) in [6, 6.07) is 14.1. The molecule has 2 aromatic rings. The molecule has 3 nitrogen and oxygen atoms in total. The molecule has 0 aromatic heterocycles. The van der Waals surface area contributed by atoms with Gasteiger partial charge < -0.3 is 10.1 Å². The molecule has 0 saturated heterocycles. The molecule has 1 N–H and O–H groups in total. The van der Waals surface area contributed by atoms with Gasteiger partial charge in [-0.15, -0.1) is 0 Å². The number of hydrogen-bond donors (Lipinski definition) is 1. The van der Waals surface area contributed by atoms with Gasteiger partial charge in [-0.2, -0.15) is 0 Å². The fourth-order valence-electron chi connectivity index (χ4n) is 3.76. The molecule has 0 heterocycles. The third kappa shape index (κ3) is 3.39. The van der Waals surface area contributed by atoms with E-state index < -0.39 is 5.41 Å².